The van der Waals surface area contributed by atoms with Crippen LogP contribution < -0.4 is 10.6 Å². The summed E-state index contributed by atoms with van der Waals surface area (Å²) in [5, 5.41) is 167. The Hall–Kier alpha value is -1.86. The van der Waals surface area contributed by atoms with Crippen LogP contribution in [0.4, 0.5) is 0 Å². The van der Waals surface area contributed by atoms with Gasteiger partial charge in [0.1, 0.15) is 85.5 Å². The van der Waals surface area contributed by atoms with Crippen molar-refractivity contribution in [1.29, 1.82) is 0 Å². The third-order valence-electron chi connectivity index (χ3n) is 11.3. The van der Waals surface area contributed by atoms with Crippen LogP contribution in [0.15, 0.2) is 0 Å². The lowest BCUT2D eigenvalue weighted by Gasteiger charge is -2.40. The van der Waals surface area contributed by atoms with Crippen molar-refractivity contribution >= 4 is 11.8 Å². The SMILES string of the molecule is CCCCCCCCCCCCC(CNC(=O)[C@H](O)[C@@H](O)[C@H](O)[C@H](O)CO[C@H]1O[C@H](CO)[C@@H](O)[C@H](O)[C@H]1O)CNC(=O)[C@H](O)[C@@H](O)[C@H](O)[C@H](O)CO[C@H]1O[C@H](CO)[C@@H](O)[C@H](O)[C@H]1O. The Balaban J connectivity index is 1.95. The predicted molar refractivity (Wildman–Crippen MR) is 213 cm³/mol. The van der Waals surface area contributed by atoms with Crippen molar-refractivity contribution in [2.24, 2.45) is 5.92 Å². The summed E-state index contributed by atoms with van der Waals surface area (Å²) in [5.74, 6) is -2.96. The van der Waals surface area contributed by atoms with Crippen molar-refractivity contribution in [3.05, 3.63) is 0 Å². The number of amides is 2. The molecule has 2 heterocycles. The number of hydrogen-bond donors (Lipinski definition) is 18. The van der Waals surface area contributed by atoms with Gasteiger partial charge in [-0.2, -0.15) is 0 Å². The zero-order valence-corrected chi connectivity index (χ0v) is 35.6. The summed E-state index contributed by atoms with van der Waals surface area (Å²) in [4.78, 5) is 25.8. The van der Waals surface area contributed by atoms with Crippen LogP contribution in [0.1, 0.15) is 77.6 Å². The molecule has 2 fully saturated rings. The average Bonchev–Trinajstić information content (AvgIpc) is 3.28. The number of carbonyl (C=O) groups is 2. The maximum absolute atomic E-state index is 12.9. The van der Waals surface area contributed by atoms with E-state index in [1.807, 2.05) is 0 Å². The minimum Gasteiger partial charge on any atom is -0.394 e. The second-order valence-electron chi connectivity index (χ2n) is 16.4. The van der Waals surface area contributed by atoms with Crippen LogP contribution in [0.3, 0.4) is 0 Å². The number of unbranched alkanes of at least 4 members (excludes halogenated alkanes) is 9. The van der Waals surface area contributed by atoms with Gasteiger partial charge in [-0.15, -0.1) is 0 Å². The van der Waals surface area contributed by atoms with Crippen LogP contribution in [-0.2, 0) is 28.5 Å². The van der Waals surface area contributed by atoms with E-state index in [2.05, 4.69) is 17.6 Å². The molecule has 24 heteroatoms. The molecule has 63 heavy (non-hydrogen) atoms. The van der Waals surface area contributed by atoms with Crippen LogP contribution >= 0.6 is 0 Å². The molecule has 2 aliphatic rings. The highest BCUT2D eigenvalue weighted by atomic mass is 16.7. The quantitative estimate of drug-likeness (QED) is 0.0287. The topological polar surface area (TPSA) is 419 Å². The predicted octanol–water partition coefficient (Wildman–Crippen LogP) is -7.33. The van der Waals surface area contributed by atoms with Crippen molar-refractivity contribution < 1.29 is 110 Å². The molecular weight excluding hydrogens is 848 g/mol. The van der Waals surface area contributed by atoms with E-state index in [0.29, 0.717) is 12.8 Å². The Labute approximate surface area is 365 Å². The highest BCUT2D eigenvalue weighted by Crippen LogP contribution is 2.24. The Kier molecular flexibility index (Phi) is 27.0. The molecule has 0 spiro atoms. The van der Waals surface area contributed by atoms with Gasteiger partial charge in [0.25, 0.3) is 11.8 Å². The third-order valence-corrected chi connectivity index (χ3v) is 11.3. The van der Waals surface area contributed by atoms with Crippen molar-refractivity contribution in [3.8, 4) is 0 Å². The summed E-state index contributed by atoms with van der Waals surface area (Å²) in [5.41, 5.74) is 0. The number of carbonyl (C=O) groups excluding carboxylic acids is 2. The first-order valence-electron chi connectivity index (χ1n) is 21.7. The van der Waals surface area contributed by atoms with Crippen molar-refractivity contribution in [3.63, 3.8) is 0 Å². The molecule has 0 aromatic carbocycles. The van der Waals surface area contributed by atoms with Gasteiger partial charge in [-0.1, -0.05) is 71.1 Å². The van der Waals surface area contributed by atoms with Gasteiger partial charge in [-0.05, 0) is 12.3 Å². The first kappa shape index (κ1) is 57.3. The molecule has 18 N–H and O–H groups in total. The Morgan fingerprint density at radius 3 is 1.21 bits per heavy atom. The van der Waals surface area contributed by atoms with E-state index >= 15 is 0 Å². The Bertz CT molecular complexity index is 1180. The standard InChI is InChI=1S/C39H74N2O22/c1-2-3-4-5-6-7-8-9-10-11-12-19(13-40-36(58)32(54)28(50)24(46)20(44)17-60-38-34(56)30(52)26(48)22(15-42)62-38)14-41-37(59)33(55)29(51)25(47)21(45)18-61-39-35(57)31(53)27(49)23(16-43)63-39/h19-35,38-39,42-57H,2-18H2,1H3,(H,40,58)(H,41,59)/t20-,21-,22-,23-,24-,25-,26-,27-,28+,29+,30+,31+,32-,33-,34-,35-,38+,39+/m1/s1. The molecule has 2 saturated heterocycles. The number of rotatable bonds is 31. The van der Waals surface area contributed by atoms with E-state index in [4.69, 9.17) is 18.9 Å². The number of nitrogens with one attached hydrogen (secondary N) is 2. The van der Waals surface area contributed by atoms with Gasteiger partial charge >= 0.3 is 0 Å². The molecule has 0 aromatic heterocycles. The fourth-order valence-electron chi connectivity index (χ4n) is 7.03. The molecular formula is C39H74N2O22. The van der Waals surface area contributed by atoms with Gasteiger partial charge < -0.3 is 111 Å². The summed E-state index contributed by atoms with van der Waals surface area (Å²) in [6.45, 7) is -1.58. The molecule has 0 unspecified atom stereocenters. The van der Waals surface area contributed by atoms with Crippen molar-refractivity contribution in [1.82, 2.24) is 10.6 Å². The van der Waals surface area contributed by atoms with Crippen molar-refractivity contribution in [2.75, 3.05) is 39.5 Å². The van der Waals surface area contributed by atoms with Gasteiger partial charge in [0.15, 0.2) is 24.8 Å². The second kappa shape index (κ2) is 29.7. The summed E-state index contributed by atoms with van der Waals surface area (Å²) in [6.07, 6.45) is -23.7. The molecule has 18 atom stereocenters. The van der Waals surface area contributed by atoms with E-state index in [0.717, 1.165) is 44.9 Å². The highest BCUT2D eigenvalue weighted by Gasteiger charge is 2.46. The lowest BCUT2D eigenvalue weighted by Crippen LogP contribution is -2.59. The molecule has 0 bridgehead atoms. The van der Waals surface area contributed by atoms with Gasteiger partial charge in [-0.3, -0.25) is 9.59 Å². The molecule has 2 amide bonds. The minimum absolute atomic E-state index is 0.228. The molecule has 0 aromatic rings. The van der Waals surface area contributed by atoms with Crippen LogP contribution in [-0.4, -0.2) is 243 Å². The zero-order chi connectivity index (χ0) is 47.4. The molecule has 24 nitrogen and oxygen atoms in total. The molecule has 0 saturated carbocycles. The summed E-state index contributed by atoms with van der Waals surface area (Å²) in [7, 11) is 0. The van der Waals surface area contributed by atoms with Gasteiger partial charge in [-0.25, -0.2) is 0 Å². The van der Waals surface area contributed by atoms with Gasteiger partial charge in [0.2, 0.25) is 0 Å². The van der Waals surface area contributed by atoms with E-state index in [1.165, 1.54) is 12.8 Å². The summed E-state index contributed by atoms with van der Waals surface area (Å²) >= 11 is 0. The van der Waals surface area contributed by atoms with Crippen LogP contribution in [0.25, 0.3) is 0 Å². The maximum atomic E-state index is 12.9. The molecule has 0 radical (unpaired) electrons. The molecule has 2 aliphatic heterocycles. The van der Waals surface area contributed by atoms with Gasteiger partial charge in [0, 0.05) is 13.1 Å². The summed E-state index contributed by atoms with van der Waals surface area (Å²) in [6, 6.07) is 0. The second-order valence-corrected chi connectivity index (χ2v) is 16.4. The van der Waals surface area contributed by atoms with Crippen LogP contribution in [0.2, 0.25) is 0 Å². The van der Waals surface area contributed by atoms with Gasteiger partial charge in [0.05, 0.1) is 26.4 Å². The third kappa shape index (κ3) is 18.0. The molecule has 372 valence electrons. The van der Waals surface area contributed by atoms with Crippen LogP contribution in [0, 0.1) is 5.92 Å². The van der Waals surface area contributed by atoms with E-state index < -0.39 is 154 Å². The fourth-order valence-corrected chi connectivity index (χ4v) is 7.03. The molecule has 0 aliphatic carbocycles. The lowest BCUT2D eigenvalue weighted by molar-refractivity contribution is -0.306. The van der Waals surface area contributed by atoms with E-state index in [9.17, 15) is 91.3 Å². The molecule has 2 rings (SSSR count). The Morgan fingerprint density at radius 2 is 0.857 bits per heavy atom. The fraction of sp³-hybridized carbons (Fsp3) is 0.949. The minimum atomic E-state index is -2.32. The number of hydrogen-bond acceptors (Lipinski definition) is 22. The van der Waals surface area contributed by atoms with E-state index in [1.54, 1.807) is 0 Å². The number of ether oxygens (including phenoxy) is 4. The largest absolute Gasteiger partial charge is 0.394 e. The number of aliphatic hydroxyl groups excluding tert-OH is 16. The summed E-state index contributed by atoms with van der Waals surface area (Å²) < 4.78 is 20.6. The maximum Gasteiger partial charge on any atom is 0.251 e. The van der Waals surface area contributed by atoms with E-state index in [-0.39, 0.29) is 13.1 Å². The highest BCUT2D eigenvalue weighted by molar-refractivity contribution is 5.82. The smallest absolute Gasteiger partial charge is 0.251 e. The Morgan fingerprint density at radius 1 is 0.508 bits per heavy atom. The zero-order valence-electron chi connectivity index (χ0n) is 35.6. The average molecular weight is 923 g/mol. The normalized spacial score (nSPS) is 30.5. The van der Waals surface area contributed by atoms with Crippen molar-refractivity contribution in [2.45, 2.75) is 188 Å². The first-order valence-corrected chi connectivity index (χ1v) is 21.7. The first-order chi connectivity index (χ1) is 29.8. The number of aliphatic hydroxyl groups is 16. The lowest BCUT2D eigenvalue weighted by atomic mass is 9.98. The monoisotopic (exact) mass is 922 g/mol. The van der Waals surface area contributed by atoms with Crippen LogP contribution in [0.5, 0.6) is 0 Å².